The Labute approximate surface area is 204 Å². The fourth-order valence-corrected chi connectivity index (χ4v) is 4.69. The van der Waals surface area contributed by atoms with Crippen molar-refractivity contribution in [2.45, 2.75) is 70.8 Å². The van der Waals surface area contributed by atoms with Crippen molar-refractivity contribution < 1.29 is 33.1 Å². The Hall–Kier alpha value is -1.28. The minimum absolute atomic E-state index is 0.241. The Morgan fingerprint density at radius 3 is 2.03 bits per heavy atom. The third-order valence-corrected chi connectivity index (χ3v) is 7.06. The monoisotopic (exact) mass is 499 g/mol. The molecule has 0 radical (unpaired) electrons. The molecule has 0 unspecified atom stereocenters. The first kappa shape index (κ1) is 29.0. The van der Waals surface area contributed by atoms with Gasteiger partial charge in [-0.05, 0) is 25.0 Å². The first-order valence-corrected chi connectivity index (χ1v) is 14.4. The number of rotatable bonds is 17. The fraction of sp³-hybridized carbons (Fsp3) is 0.720. The van der Waals surface area contributed by atoms with Gasteiger partial charge in [-0.25, -0.2) is 14.4 Å². The number of quaternary nitrogens is 1. The third kappa shape index (κ3) is 13.0. The molecule has 1 aliphatic heterocycles. The van der Waals surface area contributed by atoms with Crippen molar-refractivity contribution in [1.29, 1.82) is 0 Å². The number of esters is 1. The van der Waals surface area contributed by atoms with E-state index < -0.39 is 7.75 Å². The molecule has 0 aliphatic carbocycles. The molecular weight excluding hydrogens is 455 g/mol. The van der Waals surface area contributed by atoms with E-state index in [0.717, 1.165) is 75.9 Å². The largest absolute Gasteiger partial charge is 0.462 e. The number of hydrogen-bond acceptors (Lipinski definition) is 4. The molecular formula is C25H44N2O6P+. The Morgan fingerprint density at radius 2 is 1.47 bits per heavy atom. The molecule has 34 heavy (non-hydrogen) atoms. The maximum Gasteiger partial charge on any atom is 0.400 e. The zero-order valence-corrected chi connectivity index (χ0v) is 21.6. The van der Waals surface area contributed by atoms with E-state index in [1.807, 2.05) is 24.3 Å². The summed E-state index contributed by atoms with van der Waals surface area (Å²) in [6.07, 6.45) is 10.8. The number of ether oxygens (including phenoxy) is 2. The van der Waals surface area contributed by atoms with Crippen LogP contribution < -0.4 is 5.09 Å². The van der Waals surface area contributed by atoms with Gasteiger partial charge in [0.15, 0.2) is 0 Å². The molecule has 0 atom stereocenters. The van der Waals surface area contributed by atoms with Crippen molar-refractivity contribution in [1.82, 2.24) is 5.09 Å². The number of nitrogens with zero attached hydrogens (tertiary/aromatic N) is 1. The maximum absolute atomic E-state index is 12.3. The molecule has 3 N–H and O–H groups in total. The Morgan fingerprint density at radius 1 is 0.941 bits per heavy atom. The van der Waals surface area contributed by atoms with Crippen LogP contribution >= 0.6 is 7.75 Å². The van der Waals surface area contributed by atoms with Gasteiger partial charge >= 0.3 is 13.7 Å². The molecule has 0 spiro atoms. The van der Waals surface area contributed by atoms with E-state index in [9.17, 15) is 9.36 Å². The molecule has 1 saturated heterocycles. The van der Waals surface area contributed by atoms with Crippen LogP contribution in [-0.4, -0.2) is 66.7 Å². The molecule has 0 amide bonds. The molecule has 1 fully saturated rings. The van der Waals surface area contributed by atoms with Gasteiger partial charge in [0.05, 0.1) is 32.4 Å². The lowest BCUT2D eigenvalue weighted by Crippen LogP contribution is -2.51. The van der Waals surface area contributed by atoms with Gasteiger partial charge in [-0.2, -0.15) is 0 Å². The lowest BCUT2D eigenvalue weighted by Gasteiger charge is -2.37. The van der Waals surface area contributed by atoms with Gasteiger partial charge in [-0.1, -0.05) is 63.5 Å². The van der Waals surface area contributed by atoms with E-state index in [1.165, 1.54) is 31.2 Å². The lowest BCUT2D eigenvalue weighted by atomic mass is 10.1. The molecule has 1 aromatic rings. The number of unbranched alkanes of at least 4 members (excludes halogenated alkanes) is 9. The molecule has 0 aromatic heterocycles. The average molecular weight is 500 g/mol. The number of nitrogens with one attached hydrogen (secondary N) is 1. The summed E-state index contributed by atoms with van der Waals surface area (Å²) < 4.78 is 22.5. The van der Waals surface area contributed by atoms with E-state index >= 15 is 0 Å². The Balaban J connectivity index is 1.44. The van der Waals surface area contributed by atoms with Crippen LogP contribution in [0.25, 0.3) is 0 Å². The second kappa shape index (κ2) is 15.7. The van der Waals surface area contributed by atoms with Gasteiger partial charge in [0.2, 0.25) is 0 Å². The molecule has 1 aromatic carbocycles. The third-order valence-electron chi connectivity index (χ3n) is 6.43. The maximum atomic E-state index is 12.3. The summed E-state index contributed by atoms with van der Waals surface area (Å²) in [4.78, 5) is 29.7. The lowest BCUT2D eigenvalue weighted by molar-refractivity contribution is -0.929. The number of morpholine rings is 1. The summed E-state index contributed by atoms with van der Waals surface area (Å²) in [6.45, 7) is 5.45. The average Bonchev–Trinajstić information content (AvgIpc) is 2.79. The molecule has 9 heteroatoms. The van der Waals surface area contributed by atoms with Gasteiger partial charge in [0.1, 0.15) is 19.6 Å². The van der Waals surface area contributed by atoms with Crippen LogP contribution in [0.2, 0.25) is 0 Å². The van der Waals surface area contributed by atoms with Crippen LogP contribution in [0.15, 0.2) is 24.3 Å². The smallest absolute Gasteiger partial charge is 0.400 e. The van der Waals surface area contributed by atoms with Crippen molar-refractivity contribution in [3.05, 3.63) is 35.4 Å². The van der Waals surface area contributed by atoms with Gasteiger partial charge in [-0.3, -0.25) is 0 Å². The molecule has 0 saturated carbocycles. The number of benzene rings is 1. The first-order valence-electron chi connectivity index (χ1n) is 12.8. The summed E-state index contributed by atoms with van der Waals surface area (Å²) in [7, 11) is -1.81. The van der Waals surface area contributed by atoms with E-state index in [4.69, 9.17) is 19.3 Å². The highest BCUT2D eigenvalue weighted by molar-refractivity contribution is 7.49. The summed E-state index contributed by atoms with van der Waals surface area (Å²) in [5.74, 6) is -0.241. The topological polar surface area (TPSA) is 105 Å². The van der Waals surface area contributed by atoms with Crippen molar-refractivity contribution in [2.24, 2.45) is 0 Å². The van der Waals surface area contributed by atoms with Crippen LogP contribution in [0.1, 0.15) is 80.1 Å². The highest BCUT2D eigenvalue weighted by Crippen LogP contribution is 2.27. The first-order chi connectivity index (χ1) is 16.3. The van der Waals surface area contributed by atoms with E-state index in [2.05, 4.69) is 12.1 Å². The molecule has 2 rings (SSSR count). The van der Waals surface area contributed by atoms with Crippen molar-refractivity contribution >= 4 is 13.7 Å². The quantitative estimate of drug-likeness (QED) is 0.126. The Bertz CT molecular complexity index is 746. The zero-order valence-electron chi connectivity index (χ0n) is 20.8. The number of hydrogen-bond donors (Lipinski definition) is 3. The second-order valence-corrected chi connectivity index (χ2v) is 11.1. The molecule has 1 heterocycles. The number of carbonyl (C=O) groups is 1. The molecule has 194 valence electrons. The van der Waals surface area contributed by atoms with Crippen LogP contribution in [-0.2, 0) is 20.6 Å². The van der Waals surface area contributed by atoms with Crippen molar-refractivity contribution in [3.8, 4) is 0 Å². The second-order valence-electron chi connectivity index (χ2n) is 9.66. The zero-order chi connectivity index (χ0) is 24.7. The SMILES string of the molecule is C[N+]1(Cc2ccc(C(=O)OCCCCCCCCCCCCNP(=O)(O)O)cc2)CCOCC1. The highest BCUT2D eigenvalue weighted by atomic mass is 31.2. The highest BCUT2D eigenvalue weighted by Gasteiger charge is 2.25. The van der Waals surface area contributed by atoms with Crippen LogP contribution in [0.5, 0.6) is 0 Å². The van der Waals surface area contributed by atoms with Gasteiger partial charge in [0.25, 0.3) is 0 Å². The number of carbonyl (C=O) groups excluding carboxylic acids is 1. The molecule has 8 nitrogen and oxygen atoms in total. The molecule has 1 aliphatic rings. The van der Waals surface area contributed by atoms with E-state index in [1.54, 1.807) is 0 Å². The fourth-order valence-electron chi connectivity index (χ4n) is 4.24. The summed E-state index contributed by atoms with van der Waals surface area (Å²) >= 11 is 0. The van der Waals surface area contributed by atoms with E-state index in [0.29, 0.717) is 18.7 Å². The number of likely N-dealkylation sites (N-methyl/N-ethyl adjacent to an activating group) is 1. The van der Waals surface area contributed by atoms with Crippen molar-refractivity contribution in [2.75, 3.05) is 46.5 Å². The summed E-state index contributed by atoms with van der Waals surface area (Å²) in [6, 6.07) is 7.82. The van der Waals surface area contributed by atoms with Crippen LogP contribution in [0.3, 0.4) is 0 Å². The van der Waals surface area contributed by atoms with Gasteiger partial charge in [-0.15, -0.1) is 0 Å². The van der Waals surface area contributed by atoms with Gasteiger partial charge < -0.3 is 23.7 Å². The predicted octanol–water partition coefficient (Wildman–Crippen LogP) is 4.40. The molecule has 0 bridgehead atoms. The normalized spacial score (nSPS) is 15.9. The minimum Gasteiger partial charge on any atom is -0.462 e. The van der Waals surface area contributed by atoms with Crippen LogP contribution in [0.4, 0.5) is 0 Å². The predicted molar refractivity (Wildman–Crippen MR) is 133 cm³/mol. The Kier molecular flexibility index (Phi) is 13.3. The van der Waals surface area contributed by atoms with Gasteiger partial charge in [0, 0.05) is 12.1 Å². The van der Waals surface area contributed by atoms with Crippen LogP contribution in [0, 0.1) is 0 Å². The van der Waals surface area contributed by atoms with E-state index in [-0.39, 0.29) is 5.97 Å². The van der Waals surface area contributed by atoms with Crippen molar-refractivity contribution in [3.63, 3.8) is 0 Å². The summed E-state index contributed by atoms with van der Waals surface area (Å²) in [5, 5.41) is 2.22. The summed E-state index contributed by atoms with van der Waals surface area (Å²) in [5.41, 5.74) is 1.85. The minimum atomic E-state index is -4.06. The standard InChI is InChI=1S/C25H43N2O6P/c1-27(17-20-32-21-18-27)22-23-12-14-24(15-13-23)25(28)33-19-11-9-7-5-3-2-4-6-8-10-16-26-34(29,30)31/h12-15H,2-11,16-22H2,1H3,(H2-,26,29,30,31)/p+1.